The Hall–Kier alpha value is -1.61. The van der Waals surface area contributed by atoms with E-state index in [4.69, 9.17) is 5.11 Å². The van der Waals surface area contributed by atoms with Gasteiger partial charge < -0.3 is 10.4 Å². The van der Waals surface area contributed by atoms with Gasteiger partial charge in [0, 0.05) is 6.54 Å². The topological polar surface area (TPSA) is 49.3 Å². The zero-order valence-electron chi connectivity index (χ0n) is 8.95. The number of benzene rings is 1. The van der Waals surface area contributed by atoms with Crippen LogP contribution in [0.1, 0.15) is 21.5 Å². The Kier molecular flexibility index (Phi) is 4.06. The third kappa shape index (κ3) is 2.92. The van der Waals surface area contributed by atoms with Gasteiger partial charge in [0.2, 0.25) is 0 Å². The van der Waals surface area contributed by atoms with Crippen LogP contribution < -0.4 is 5.32 Å². The highest BCUT2D eigenvalue weighted by Gasteiger charge is 2.10. The number of rotatable bonds is 4. The van der Waals surface area contributed by atoms with Crippen LogP contribution in [0.3, 0.4) is 0 Å². The van der Waals surface area contributed by atoms with Crippen LogP contribution in [0.25, 0.3) is 6.08 Å². The molecule has 0 radical (unpaired) electrons. The molecule has 0 unspecified atom stereocenters. The molecule has 0 saturated heterocycles. The number of hydrogen-bond acceptors (Lipinski definition) is 2. The van der Waals surface area contributed by atoms with E-state index in [0.29, 0.717) is 5.56 Å². The van der Waals surface area contributed by atoms with Crippen LogP contribution in [-0.2, 0) is 0 Å². The molecule has 15 heavy (non-hydrogen) atoms. The molecule has 0 atom stereocenters. The number of carbonyl (C=O) groups is 1. The van der Waals surface area contributed by atoms with Crippen molar-refractivity contribution in [2.24, 2.45) is 0 Å². The van der Waals surface area contributed by atoms with Gasteiger partial charge in [0.1, 0.15) is 0 Å². The van der Waals surface area contributed by atoms with E-state index in [1.54, 1.807) is 13.0 Å². The fourth-order valence-corrected chi connectivity index (χ4v) is 1.43. The van der Waals surface area contributed by atoms with E-state index in [-0.39, 0.29) is 0 Å². The van der Waals surface area contributed by atoms with Crippen molar-refractivity contribution in [1.29, 1.82) is 0 Å². The summed E-state index contributed by atoms with van der Waals surface area (Å²) in [6.45, 7) is 2.53. The van der Waals surface area contributed by atoms with Crippen molar-refractivity contribution >= 4 is 12.0 Å². The van der Waals surface area contributed by atoms with Crippen molar-refractivity contribution in [3.8, 4) is 0 Å². The van der Waals surface area contributed by atoms with Crippen molar-refractivity contribution in [3.05, 3.63) is 41.0 Å². The maximum Gasteiger partial charge on any atom is 0.336 e. The molecule has 80 valence electrons. The fourth-order valence-electron chi connectivity index (χ4n) is 1.43. The summed E-state index contributed by atoms with van der Waals surface area (Å²) in [6.07, 6.45) is 3.73. The van der Waals surface area contributed by atoms with Crippen LogP contribution in [-0.4, -0.2) is 24.7 Å². The van der Waals surface area contributed by atoms with Crippen LogP contribution in [0.5, 0.6) is 0 Å². The van der Waals surface area contributed by atoms with Gasteiger partial charge in [-0.05, 0) is 25.1 Å². The first-order valence-corrected chi connectivity index (χ1v) is 4.81. The molecule has 0 aliphatic rings. The summed E-state index contributed by atoms with van der Waals surface area (Å²) < 4.78 is 0. The van der Waals surface area contributed by atoms with E-state index in [0.717, 1.165) is 17.7 Å². The summed E-state index contributed by atoms with van der Waals surface area (Å²) >= 11 is 0. The average molecular weight is 205 g/mol. The number of nitrogens with one attached hydrogen (secondary N) is 1. The van der Waals surface area contributed by atoms with Crippen LogP contribution in [0.4, 0.5) is 0 Å². The van der Waals surface area contributed by atoms with Gasteiger partial charge in [0.25, 0.3) is 0 Å². The molecule has 2 N–H and O–H groups in total. The quantitative estimate of drug-likeness (QED) is 0.789. The van der Waals surface area contributed by atoms with Crippen LogP contribution in [0.2, 0.25) is 0 Å². The van der Waals surface area contributed by atoms with Crippen molar-refractivity contribution in [2.75, 3.05) is 13.6 Å². The lowest BCUT2D eigenvalue weighted by Gasteiger charge is -2.04. The van der Waals surface area contributed by atoms with Crippen LogP contribution >= 0.6 is 0 Å². The van der Waals surface area contributed by atoms with E-state index in [1.165, 1.54) is 0 Å². The minimum Gasteiger partial charge on any atom is -0.478 e. The predicted molar refractivity (Wildman–Crippen MR) is 61.1 cm³/mol. The molecule has 3 heteroatoms. The van der Waals surface area contributed by atoms with Crippen LogP contribution in [0, 0.1) is 6.92 Å². The predicted octanol–water partition coefficient (Wildman–Crippen LogP) is 1.93. The summed E-state index contributed by atoms with van der Waals surface area (Å²) in [7, 11) is 1.85. The number of carboxylic acid groups (broad SMARTS) is 1. The highest BCUT2D eigenvalue weighted by atomic mass is 16.4. The molecule has 0 fully saturated rings. The van der Waals surface area contributed by atoms with E-state index >= 15 is 0 Å². The molecule has 1 rings (SSSR count). The molecule has 0 amide bonds. The molecular formula is C12H15NO2. The van der Waals surface area contributed by atoms with Gasteiger partial charge in [-0.2, -0.15) is 0 Å². The molecular weight excluding hydrogens is 190 g/mol. The Morgan fingerprint density at radius 2 is 2.27 bits per heavy atom. The standard InChI is InChI=1S/C12H15NO2/c1-9-5-3-6-10(7-4-8-13-2)11(9)12(14)15/h3-7,13H,8H2,1-2H3,(H,14,15). The molecule has 0 aliphatic carbocycles. The third-order valence-electron chi connectivity index (χ3n) is 2.14. The Morgan fingerprint density at radius 1 is 1.53 bits per heavy atom. The van der Waals surface area contributed by atoms with Gasteiger partial charge in [0.05, 0.1) is 5.56 Å². The molecule has 0 aromatic heterocycles. The van der Waals surface area contributed by atoms with Crippen molar-refractivity contribution in [2.45, 2.75) is 6.92 Å². The van der Waals surface area contributed by atoms with E-state index in [9.17, 15) is 4.79 Å². The highest BCUT2D eigenvalue weighted by Crippen LogP contribution is 2.15. The first kappa shape index (κ1) is 11.5. The van der Waals surface area contributed by atoms with Gasteiger partial charge in [-0.25, -0.2) is 4.79 Å². The maximum absolute atomic E-state index is 11.0. The zero-order valence-corrected chi connectivity index (χ0v) is 8.95. The van der Waals surface area contributed by atoms with Crippen LogP contribution in [0.15, 0.2) is 24.3 Å². The lowest BCUT2D eigenvalue weighted by atomic mass is 10.0. The number of aryl methyl sites for hydroxylation is 1. The average Bonchev–Trinajstić information content (AvgIpc) is 2.17. The van der Waals surface area contributed by atoms with Crippen molar-refractivity contribution < 1.29 is 9.90 Å². The summed E-state index contributed by atoms with van der Waals surface area (Å²) in [5, 5.41) is 12.0. The summed E-state index contributed by atoms with van der Waals surface area (Å²) in [5.74, 6) is -0.878. The second-order valence-electron chi connectivity index (χ2n) is 3.30. The molecule has 0 bridgehead atoms. The van der Waals surface area contributed by atoms with E-state index in [2.05, 4.69) is 5.32 Å². The SMILES string of the molecule is CNCC=Cc1cccc(C)c1C(=O)O. The number of aromatic carboxylic acids is 1. The van der Waals surface area contributed by atoms with E-state index < -0.39 is 5.97 Å². The largest absolute Gasteiger partial charge is 0.478 e. The minimum absolute atomic E-state index is 0.379. The number of hydrogen-bond donors (Lipinski definition) is 2. The smallest absolute Gasteiger partial charge is 0.336 e. The summed E-state index contributed by atoms with van der Waals surface area (Å²) in [4.78, 5) is 11.0. The second-order valence-corrected chi connectivity index (χ2v) is 3.30. The second kappa shape index (κ2) is 5.32. The maximum atomic E-state index is 11.0. The van der Waals surface area contributed by atoms with Gasteiger partial charge in [-0.3, -0.25) is 0 Å². The molecule has 0 heterocycles. The number of carboxylic acids is 1. The first-order chi connectivity index (χ1) is 7.16. The van der Waals surface area contributed by atoms with Crippen molar-refractivity contribution in [1.82, 2.24) is 5.32 Å². The molecule has 0 saturated carbocycles. The lowest BCUT2D eigenvalue weighted by molar-refractivity contribution is 0.0696. The van der Waals surface area contributed by atoms with Gasteiger partial charge in [-0.1, -0.05) is 30.4 Å². The van der Waals surface area contributed by atoms with Crippen molar-refractivity contribution in [3.63, 3.8) is 0 Å². The lowest BCUT2D eigenvalue weighted by Crippen LogP contribution is -2.05. The molecule has 0 spiro atoms. The molecule has 0 aliphatic heterocycles. The Morgan fingerprint density at radius 3 is 2.87 bits per heavy atom. The van der Waals surface area contributed by atoms with Gasteiger partial charge >= 0.3 is 5.97 Å². The number of likely N-dealkylation sites (N-methyl/N-ethyl adjacent to an activating group) is 1. The Labute approximate surface area is 89.4 Å². The highest BCUT2D eigenvalue weighted by molar-refractivity contribution is 5.93. The summed E-state index contributed by atoms with van der Waals surface area (Å²) in [5.41, 5.74) is 1.91. The van der Waals surface area contributed by atoms with Gasteiger partial charge in [-0.15, -0.1) is 0 Å². The van der Waals surface area contributed by atoms with E-state index in [1.807, 2.05) is 31.3 Å². The fraction of sp³-hybridized carbons (Fsp3) is 0.250. The minimum atomic E-state index is -0.878. The normalized spacial score (nSPS) is 10.8. The Balaban J connectivity index is 3.06. The van der Waals surface area contributed by atoms with Gasteiger partial charge in [0.15, 0.2) is 0 Å². The molecule has 1 aromatic rings. The monoisotopic (exact) mass is 205 g/mol. The zero-order chi connectivity index (χ0) is 11.3. The third-order valence-corrected chi connectivity index (χ3v) is 2.14. The molecule has 3 nitrogen and oxygen atoms in total. The molecule has 1 aromatic carbocycles. The Bertz CT molecular complexity index is 383. The summed E-state index contributed by atoms with van der Waals surface area (Å²) in [6, 6.07) is 5.47. The first-order valence-electron chi connectivity index (χ1n) is 4.81.